The van der Waals surface area contributed by atoms with Gasteiger partial charge in [0.2, 0.25) is 0 Å². The second kappa shape index (κ2) is 7.12. The summed E-state index contributed by atoms with van der Waals surface area (Å²) >= 11 is 0. The molecule has 0 fully saturated rings. The van der Waals surface area contributed by atoms with E-state index < -0.39 is 8.32 Å². The summed E-state index contributed by atoms with van der Waals surface area (Å²) in [7, 11) is -1.75. The molecule has 0 aromatic heterocycles. The van der Waals surface area contributed by atoms with Crippen LogP contribution in [0.1, 0.15) is 61.9 Å². The minimum absolute atomic E-state index is 0.251. The van der Waals surface area contributed by atoms with Crippen molar-refractivity contribution >= 4 is 8.32 Å². The Morgan fingerprint density at radius 1 is 0.964 bits per heavy atom. The van der Waals surface area contributed by atoms with Gasteiger partial charge in [0.05, 0.1) is 0 Å². The van der Waals surface area contributed by atoms with Gasteiger partial charge in [0.1, 0.15) is 0 Å². The molecule has 0 aliphatic carbocycles. The molecule has 150 valence electrons. The van der Waals surface area contributed by atoms with Crippen LogP contribution in [0.2, 0.25) is 18.1 Å². The summed E-state index contributed by atoms with van der Waals surface area (Å²) in [4.78, 5) is 2.74. The van der Waals surface area contributed by atoms with Crippen LogP contribution in [0.3, 0.4) is 0 Å². The van der Waals surface area contributed by atoms with E-state index in [9.17, 15) is 0 Å². The maximum atomic E-state index is 6.72. The van der Waals surface area contributed by atoms with Crippen LogP contribution >= 0.6 is 0 Å². The van der Waals surface area contributed by atoms with Gasteiger partial charge in [-0.1, -0.05) is 76.2 Å². The molecule has 0 saturated carbocycles. The van der Waals surface area contributed by atoms with Gasteiger partial charge in [-0.2, -0.15) is 0 Å². The lowest BCUT2D eigenvalue weighted by Gasteiger charge is -2.50. The largest absolute Gasteiger partial charge is 0.415 e. The van der Waals surface area contributed by atoms with Crippen molar-refractivity contribution in [3.05, 3.63) is 70.8 Å². The Hall–Kier alpha value is -1.42. The third-order valence-corrected chi connectivity index (χ3v) is 12.0. The van der Waals surface area contributed by atoms with Crippen molar-refractivity contribution in [3.8, 4) is 0 Å². The maximum Gasteiger partial charge on any atom is 0.192 e. The molecule has 4 rings (SSSR count). The predicted molar refractivity (Wildman–Crippen MR) is 120 cm³/mol. The second-order valence-electron chi connectivity index (χ2n) is 10.2. The molecule has 0 N–H and O–H groups in total. The molecule has 2 aromatic carbocycles. The first-order valence-electron chi connectivity index (χ1n) is 10.7. The number of rotatable bonds is 3. The fourth-order valence-electron chi connectivity index (χ4n) is 4.73. The summed E-state index contributed by atoms with van der Waals surface area (Å²) in [5, 5.41) is 0.251. The number of hydrogen-bond acceptors (Lipinski definition) is 2. The van der Waals surface area contributed by atoms with E-state index in [4.69, 9.17) is 4.43 Å². The van der Waals surface area contributed by atoms with Crippen molar-refractivity contribution in [2.45, 2.75) is 76.8 Å². The third kappa shape index (κ3) is 3.38. The van der Waals surface area contributed by atoms with E-state index in [1.54, 1.807) is 0 Å². The molecule has 2 heterocycles. The summed E-state index contributed by atoms with van der Waals surface area (Å²) in [6, 6.07) is 19.0. The minimum Gasteiger partial charge on any atom is -0.415 e. The smallest absolute Gasteiger partial charge is 0.192 e. The van der Waals surface area contributed by atoms with Crippen LogP contribution < -0.4 is 0 Å². The van der Waals surface area contributed by atoms with Crippen LogP contribution in [0.25, 0.3) is 0 Å². The van der Waals surface area contributed by atoms with Crippen molar-refractivity contribution in [3.63, 3.8) is 0 Å². The lowest BCUT2D eigenvalue weighted by atomic mass is 9.76. The topological polar surface area (TPSA) is 12.5 Å². The summed E-state index contributed by atoms with van der Waals surface area (Å²) in [5.74, 6) is 0.502. The molecule has 0 bridgehead atoms. The number of fused-ring (bicyclic) bond motifs is 4. The molecule has 2 aliphatic rings. The van der Waals surface area contributed by atoms with Crippen molar-refractivity contribution in [2.75, 3.05) is 6.61 Å². The van der Waals surface area contributed by atoms with Crippen molar-refractivity contribution in [1.29, 1.82) is 0 Å². The van der Waals surface area contributed by atoms with Crippen LogP contribution in [0.4, 0.5) is 0 Å². The van der Waals surface area contributed by atoms with Gasteiger partial charge in [-0.05, 0) is 46.8 Å². The minimum atomic E-state index is -1.75. The SMILES string of the molecule is C[C@H]1c2ccccc2CN2[C@H](CO[Si](C)(C)C(C)(C)C)Cc3ccccc3[C@H]12. The molecule has 0 amide bonds. The van der Waals surface area contributed by atoms with Crippen molar-refractivity contribution < 1.29 is 4.43 Å². The first-order valence-corrected chi connectivity index (χ1v) is 13.7. The Labute approximate surface area is 172 Å². The Kier molecular flexibility index (Phi) is 5.05. The summed E-state index contributed by atoms with van der Waals surface area (Å²) < 4.78 is 6.72. The highest BCUT2D eigenvalue weighted by Crippen LogP contribution is 2.47. The molecule has 2 aromatic rings. The van der Waals surface area contributed by atoms with E-state index in [0.717, 1.165) is 19.6 Å². The van der Waals surface area contributed by atoms with Crippen LogP contribution in [-0.4, -0.2) is 25.9 Å². The Balaban J connectivity index is 1.68. The molecule has 3 atom stereocenters. The number of nitrogens with zero attached hydrogens (tertiary/aromatic N) is 1. The summed E-state index contributed by atoms with van der Waals surface area (Å²) in [6.07, 6.45) is 1.09. The third-order valence-electron chi connectivity index (χ3n) is 7.47. The highest BCUT2D eigenvalue weighted by Gasteiger charge is 2.43. The normalized spacial score (nSPS) is 25.0. The molecular formula is C25H35NOSi. The van der Waals surface area contributed by atoms with E-state index in [2.05, 4.69) is 94.2 Å². The molecule has 2 nitrogen and oxygen atoms in total. The van der Waals surface area contributed by atoms with Gasteiger partial charge in [-0.3, -0.25) is 4.90 Å². The first-order chi connectivity index (χ1) is 13.2. The molecule has 3 heteroatoms. The Morgan fingerprint density at radius 2 is 1.57 bits per heavy atom. The monoisotopic (exact) mass is 393 g/mol. The second-order valence-corrected chi connectivity index (χ2v) is 15.0. The van der Waals surface area contributed by atoms with Crippen LogP contribution in [0.15, 0.2) is 48.5 Å². The Morgan fingerprint density at radius 3 is 2.25 bits per heavy atom. The van der Waals surface area contributed by atoms with Crippen LogP contribution in [-0.2, 0) is 17.4 Å². The Bertz CT molecular complexity index is 854. The van der Waals surface area contributed by atoms with Gasteiger partial charge in [-0.15, -0.1) is 0 Å². The van der Waals surface area contributed by atoms with E-state index in [1.165, 1.54) is 22.3 Å². The first kappa shape index (κ1) is 19.9. The molecule has 28 heavy (non-hydrogen) atoms. The van der Waals surface area contributed by atoms with Gasteiger partial charge in [0.25, 0.3) is 0 Å². The molecule has 2 aliphatic heterocycles. The van der Waals surface area contributed by atoms with E-state index >= 15 is 0 Å². The van der Waals surface area contributed by atoms with E-state index in [0.29, 0.717) is 18.0 Å². The lowest BCUT2D eigenvalue weighted by molar-refractivity contribution is 0.0466. The van der Waals surface area contributed by atoms with Gasteiger partial charge >= 0.3 is 0 Å². The highest BCUT2D eigenvalue weighted by atomic mass is 28.4. The molecule has 0 unspecified atom stereocenters. The van der Waals surface area contributed by atoms with Gasteiger partial charge in [-0.25, -0.2) is 0 Å². The molecule has 0 radical (unpaired) electrons. The summed E-state index contributed by atoms with van der Waals surface area (Å²) in [5.41, 5.74) is 6.04. The van der Waals surface area contributed by atoms with Crippen LogP contribution in [0.5, 0.6) is 0 Å². The average Bonchev–Trinajstić information content (AvgIpc) is 2.65. The predicted octanol–water partition coefficient (Wildman–Crippen LogP) is 6.29. The molecule has 0 saturated heterocycles. The van der Waals surface area contributed by atoms with Gasteiger partial charge in [0.15, 0.2) is 8.32 Å². The summed E-state index contributed by atoms with van der Waals surface area (Å²) in [6.45, 7) is 16.0. The fraction of sp³-hybridized carbons (Fsp3) is 0.520. The highest BCUT2D eigenvalue weighted by molar-refractivity contribution is 6.74. The molecular weight excluding hydrogens is 358 g/mol. The number of benzene rings is 2. The van der Waals surface area contributed by atoms with Gasteiger partial charge in [0, 0.05) is 31.2 Å². The standard InChI is InChI=1S/C25H35NOSi/c1-18-22-13-9-8-12-20(22)16-26-21(17-27-28(5,6)25(2,3)4)15-19-11-7-10-14-23(19)24(18)26/h7-14,18,21,24H,15-17H2,1-6H3/t18-,21-,24-/m0/s1. The van der Waals surface area contributed by atoms with Crippen molar-refractivity contribution in [1.82, 2.24) is 4.90 Å². The average molecular weight is 394 g/mol. The zero-order chi connectivity index (χ0) is 20.1. The van der Waals surface area contributed by atoms with Crippen molar-refractivity contribution in [2.24, 2.45) is 0 Å². The maximum absolute atomic E-state index is 6.72. The fourth-order valence-corrected chi connectivity index (χ4v) is 5.78. The zero-order valence-electron chi connectivity index (χ0n) is 18.3. The van der Waals surface area contributed by atoms with E-state index in [1.807, 2.05) is 0 Å². The quantitative estimate of drug-likeness (QED) is 0.568. The van der Waals surface area contributed by atoms with Gasteiger partial charge < -0.3 is 4.43 Å². The lowest BCUT2D eigenvalue weighted by Crippen LogP contribution is -2.52. The molecule has 0 spiro atoms. The van der Waals surface area contributed by atoms with E-state index in [-0.39, 0.29) is 5.04 Å². The van der Waals surface area contributed by atoms with Crippen LogP contribution in [0, 0.1) is 0 Å². The zero-order valence-corrected chi connectivity index (χ0v) is 19.3. The number of hydrogen-bond donors (Lipinski definition) is 0.